The van der Waals surface area contributed by atoms with Crippen LogP contribution < -0.4 is 0 Å². The van der Waals surface area contributed by atoms with Crippen LogP contribution in [-0.2, 0) is 16.1 Å². The van der Waals surface area contributed by atoms with Gasteiger partial charge in [0.05, 0.1) is 24.4 Å². The summed E-state index contributed by atoms with van der Waals surface area (Å²) in [5.41, 5.74) is 1.78. The third-order valence-electron chi connectivity index (χ3n) is 5.04. The fourth-order valence-electron chi connectivity index (χ4n) is 3.34. The molecule has 132 valence electrons. The van der Waals surface area contributed by atoms with E-state index in [0.717, 1.165) is 11.3 Å². The molecule has 1 aromatic heterocycles. The molecule has 1 atom stereocenters. The van der Waals surface area contributed by atoms with Gasteiger partial charge >= 0.3 is 0 Å². The largest absolute Gasteiger partial charge is 0.369 e. The van der Waals surface area contributed by atoms with E-state index in [4.69, 9.17) is 4.74 Å². The maximum absolute atomic E-state index is 12.9. The Morgan fingerprint density at radius 3 is 2.76 bits per heavy atom. The zero-order chi connectivity index (χ0) is 17.4. The highest BCUT2D eigenvalue weighted by Crippen LogP contribution is 2.38. The van der Waals surface area contributed by atoms with Crippen LogP contribution in [0.3, 0.4) is 0 Å². The van der Waals surface area contributed by atoms with E-state index in [0.29, 0.717) is 19.1 Å². The van der Waals surface area contributed by atoms with Crippen molar-refractivity contribution >= 4 is 5.91 Å². The predicted octanol–water partition coefficient (Wildman–Crippen LogP) is 2.53. The van der Waals surface area contributed by atoms with Gasteiger partial charge in [-0.2, -0.15) is 0 Å². The minimum Gasteiger partial charge on any atom is -0.369 e. The van der Waals surface area contributed by atoms with Crippen LogP contribution in [0, 0.1) is 0 Å². The average molecular weight is 340 g/mol. The fourth-order valence-corrected chi connectivity index (χ4v) is 3.34. The second-order valence-corrected chi connectivity index (χ2v) is 7.64. The molecule has 1 aromatic carbocycles. The zero-order valence-corrected chi connectivity index (χ0v) is 14.8. The maximum atomic E-state index is 12.9. The average Bonchev–Trinajstić information content (AvgIpc) is 3.35. The topological polar surface area (TPSA) is 60.2 Å². The molecule has 2 heterocycles. The minimum atomic E-state index is -0.331. The molecule has 1 aliphatic heterocycles. The molecular weight excluding hydrogens is 316 g/mol. The summed E-state index contributed by atoms with van der Waals surface area (Å²) in [4.78, 5) is 14.9. The molecular formula is C19H24N4O2. The molecule has 1 saturated heterocycles. The molecule has 1 amide bonds. The van der Waals surface area contributed by atoms with Gasteiger partial charge in [-0.25, -0.2) is 4.68 Å². The van der Waals surface area contributed by atoms with Gasteiger partial charge in [0.15, 0.2) is 0 Å². The van der Waals surface area contributed by atoms with E-state index in [-0.39, 0.29) is 24.1 Å². The van der Waals surface area contributed by atoms with Crippen LogP contribution in [0.2, 0.25) is 0 Å². The molecule has 6 heteroatoms. The highest BCUT2D eigenvalue weighted by Gasteiger charge is 2.38. The van der Waals surface area contributed by atoms with Crippen LogP contribution in [0.1, 0.15) is 50.0 Å². The lowest BCUT2D eigenvalue weighted by atomic mass is 9.98. The summed E-state index contributed by atoms with van der Waals surface area (Å²) in [5.74, 6) is 0.604. The molecule has 1 saturated carbocycles. The van der Waals surface area contributed by atoms with Crippen molar-refractivity contribution in [3.8, 4) is 0 Å². The highest BCUT2D eigenvalue weighted by molar-refractivity contribution is 5.77. The predicted molar refractivity (Wildman–Crippen MR) is 92.9 cm³/mol. The van der Waals surface area contributed by atoms with Gasteiger partial charge in [-0.3, -0.25) is 4.79 Å². The molecule has 2 aliphatic rings. The number of carbonyl (C=O) groups is 1. The molecule has 0 N–H and O–H groups in total. The zero-order valence-electron chi connectivity index (χ0n) is 14.8. The van der Waals surface area contributed by atoms with Crippen molar-refractivity contribution < 1.29 is 9.53 Å². The first-order valence-corrected chi connectivity index (χ1v) is 8.90. The summed E-state index contributed by atoms with van der Waals surface area (Å²) in [6.45, 7) is 5.39. The number of nitrogens with zero attached hydrogens (tertiary/aromatic N) is 4. The number of aromatic nitrogens is 3. The molecule has 0 unspecified atom stereocenters. The van der Waals surface area contributed by atoms with Crippen molar-refractivity contribution in [3.05, 3.63) is 47.8 Å². The SMILES string of the molecule is CC1(C)CO[C@@H](c2ccccc2)CN1C(=O)Cn1cc(C2CC2)nn1. The molecule has 2 aromatic rings. The molecule has 0 radical (unpaired) electrons. The number of hydrogen-bond donors (Lipinski definition) is 0. The summed E-state index contributed by atoms with van der Waals surface area (Å²) in [6.07, 6.45) is 4.19. The van der Waals surface area contributed by atoms with Gasteiger partial charge in [-0.1, -0.05) is 35.5 Å². The van der Waals surface area contributed by atoms with Crippen LogP contribution in [0.15, 0.2) is 36.5 Å². The Morgan fingerprint density at radius 1 is 1.28 bits per heavy atom. The Hall–Kier alpha value is -2.21. The van der Waals surface area contributed by atoms with Crippen LogP contribution >= 0.6 is 0 Å². The Morgan fingerprint density at radius 2 is 2.04 bits per heavy atom. The number of amides is 1. The van der Waals surface area contributed by atoms with Crippen LogP contribution in [0.5, 0.6) is 0 Å². The number of rotatable bonds is 4. The van der Waals surface area contributed by atoms with Crippen LogP contribution in [-0.4, -0.2) is 44.5 Å². The van der Waals surface area contributed by atoms with Crippen molar-refractivity contribution in [3.63, 3.8) is 0 Å². The van der Waals surface area contributed by atoms with Crippen LogP contribution in [0.25, 0.3) is 0 Å². The number of hydrogen-bond acceptors (Lipinski definition) is 4. The summed E-state index contributed by atoms with van der Waals surface area (Å²) in [5, 5.41) is 8.32. The van der Waals surface area contributed by atoms with Gasteiger partial charge in [0.2, 0.25) is 5.91 Å². The molecule has 4 rings (SSSR count). The smallest absolute Gasteiger partial charge is 0.244 e. The standard InChI is InChI=1S/C19H24N4O2/c1-19(2)13-25-17(15-6-4-3-5-7-15)11-23(19)18(24)12-22-10-16(20-21-22)14-8-9-14/h3-7,10,14,17H,8-9,11-13H2,1-2H3/t17-/m1/s1. The third kappa shape index (κ3) is 3.44. The Bertz CT molecular complexity index is 752. The number of carbonyl (C=O) groups excluding carboxylic acids is 1. The van der Waals surface area contributed by atoms with E-state index in [9.17, 15) is 4.79 Å². The lowest BCUT2D eigenvalue weighted by molar-refractivity contribution is -0.155. The quantitative estimate of drug-likeness (QED) is 0.858. The van der Waals surface area contributed by atoms with Gasteiger partial charge in [-0.15, -0.1) is 5.10 Å². The molecule has 0 spiro atoms. The Labute approximate surface area is 147 Å². The summed E-state index contributed by atoms with van der Waals surface area (Å²) in [6, 6.07) is 10.1. The summed E-state index contributed by atoms with van der Waals surface area (Å²) >= 11 is 0. The highest BCUT2D eigenvalue weighted by atomic mass is 16.5. The van der Waals surface area contributed by atoms with E-state index >= 15 is 0 Å². The molecule has 25 heavy (non-hydrogen) atoms. The summed E-state index contributed by atoms with van der Waals surface area (Å²) in [7, 11) is 0. The minimum absolute atomic E-state index is 0.0569. The Balaban J connectivity index is 1.48. The first kappa shape index (κ1) is 16.3. The fraction of sp³-hybridized carbons (Fsp3) is 0.526. The number of benzene rings is 1. The Kier molecular flexibility index (Phi) is 4.07. The van der Waals surface area contributed by atoms with E-state index in [1.54, 1.807) is 4.68 Å². The van der Waals surface area contributed by atoms with Crippen molar-refractivity contribution in [2.45, 2.75) is 50.8 Å². The van der Waals surface area contributed by atoms with E-state index in [2.05, 4.69) is 10.3 Å². The van der Waals surface area contributed by atoms with Crippen molar-refractivity contribution in [1.82, 2.24) is 19.9 Å². The van der Waals surface area contributed by atoms with E-state index < -0.39 is 0 Å². The second kappa shape index (κ2) is 6.26. The van der Waals surface area contributed by atoms with Gasteiger partial charge in [0, 0.05) is 12.1 Å². The van der Waals surface area contributed by atoms with Crippen molar-refractivity contribution in [2.24, 2.45) is 0 Å². The van der Waals surface area contributed by atoms with Crippen LogP contribution in [0.4, 0.5) is 0 Å². The molecule has 1 aliphatic carbocycles. The lowest BCUT2D eigenvalue weighted by Crippen LogP contribution is -2.57. The van der Waals surface area contributed by atoms with Gasteiger partial charge in [0.25, 0.3) is 0 Å². The molecule has 0 bridgehead atoms. The normalized spacial score (nSPS) is 22.8. The second-order valence-electron chi connectivity index (χ2n) is 7.64. The van der Waals surface area contributed by atoms with Gasteiger partial charge < -0.3 is 9.64 Å². The van der Waals surface area contributed by atoms with Gasteiger partial charge in [0.1, 0.15) is 12.6 Å². The summed E-state index contributed by atoms with van der Waals surface area (Å²) < 4.78 is 7.69. The monoisotopic (exact) mass is 340 g/mol. The van der Waals surface area contributed by atoms with Crippen molar-refractivity contribution in [1.29, 1.82) is 0 Å². The third-order valence-corrected chi connectivity index (χ3v) is 5.04. The van der Waals surface area contributed by atoms with E-state index in [1.807, 2.05) is 55.3 Å². The lowest BCUT2D eigenvalue weighted by Gasteiger charge is -2.45. The molecule has 2 fully saturated rings. The first-order chi connectivity index (χ1) is 12.0. The van der Waals surface area contributed by atoms with Gasteiger partial charge in [-0.05, 0) is 32.3 Å². The molecule has 6 nitrogen and oxygen atoms in total. The van der Waals surface area contributed by atoms with E-state index in [1.165, 1.54) is 12.8 Å². The van der Waals surface area contributed by atoms with Crippen molar-refractivity contribution in [2.75, 3.05) is 13.2 Å². The first-order valence-electron chi connectivity index (χ1n) is 8.90. The maximum Gasteiger partial charge on any atom is 0.244 e. The number of morpholine rings is 1. The number of ether oxygens (including phenoxy) is 1.